The van der Waals surface area contributed by atoms with Crippen LogP contribution in [0.25, 0.3) is 0 Å². The lowest BCUT2D eigenvalue weighted by Gasteiger charge is -2.01. The minimum atomic E-state index is 0.222. The Hall–Kier alpha value is -0.810. The summed E-state index contributed by atoms with van der Waals surface area (Å²) in [7, 11) is 0. The highest BCUT2D eigenvalue weighted by atomic mass is 79.9. The highest BCUT2D eigenvalue weighted by molar-refractivity contribution is 9.11. The number of nitrogens with zero attached hydrogens (tertiary/aromatic N) is 1. The third kappa shape index (κ3) is 1.41. The van der Waals surface area contributed by atoms with E-state index in [0.717, 1.165) is 15.2 Å². The lowest BCUT2D eigenvalue weighted by atomic mass is 10.0. The maximum absolute atomic E-state index is 5.63. The van der Waals surface area contributed by atoms with Gasteiger partial charge in [0.05, 0.1) is 11.6 Å². The largest absolute Gasteiger partial charge is 0.490 e. The van der Waals surface area contributed by atoms with Gasteiger partial charge in [-0.2, -0.15) is 0 Å². The van der Waals surface area contributed by atoms with Crippen molar-refractivity contribution in [3.63, 3.8) is 0 Å². The number of rotatable bonds is 1. The van der Waals surface area contributed by atoms with Crippen LogP contribution in [0.1, 0.15) is 23.1 Å². The van der Waals surface area contributed by atoms with Gasteiger partial charge in [0, 0.05) is 12.5 Å². The molecule has 0 spiro atoms. The molecule has 0 radical (unpaired) electrons. The van der Waals surface area contributed by atoms with Crippen molar-refractivity contribution in [2.24, 2.45) is 0 Å². The Kier molecular flexibility index (Phi) is 2.10. The summed E-state index contributed by atoms with van der Waals surface area (Å²) >= 11 is 5.12. The summed E-state index contributed by atoms with van der Waals surface area (Å²) in [4.78, 5) is 4.34. The molecule has 0 amide bonds. The van der Waals surface area contributed by atoms with Gasteiger partial charge in [-0.25, -0.2) is 4.98 Å². The monoisotopic (exact) mass is 285 g/mol. The molecule has 15 heavy (non-hydrogen) atoms. The van der Waals surface area contributed by atoms with Gasteiger partial charge in [0.25, 0.3) is 0 Å². The summed E-state index contributed by atoms with van der Waals surface area (Å²) < 4.78 is 11.9. The molecule has 3 rings (SSSR count). The fourth-order valence-corrected chi connectivity index (χ4v) is 3.17. The van der Waals surface area contributed by atoms with Gasteiger partial charge in [-0.15, -0.1) is 11.3 Å². The van der Waals surface area contributed by atoms with Crippen LogP contribution in [-0.2, 0) is 0 Å². The molecule has 3 nitrogen and oxygen atoms in total. The average molecular weight is 286 g/mol. The van der Waals surface area contributed by atoms with E-state index >= 15 is 0 Å². The summed E-state index contributed by atoms with van der Waals surface area (Å²) in [5, 5.41) is 2.11. The van der Waals surface area contributed by atoms with Crippen LogP contribution in [0.5, 0.6) is 5.75 Å². The summed E-state index contributed by atoms with van der Waals surface area (Å²) in [5.74, 6) is 1.89. The van der Waals surface area contributed by atoms with Crippen LogP contribution in [0.3, 0.4) is 0 Å². The smallest absolute Gasteiger partial charge is 0.191 e. The van der Waals surface area contributed by atoms with Crippen molar-refractivity contribution in [1.29, 1.82) is 0 Å². The van der Waals surface area contributed by atoms with E-state index in [-0.39, 0.29) is 5.92 Å². The maximum atomic E-state index is 5.63. The van der Waals surface area contributed by atoms with Crippen molar-refractivity contribution >= 4 is 27.3 Å². The molecule has 2 aromatic heterocycles. The molecule has 3 heterocycles. The number of aromatic nitrogens is 1. The predicted octanol–water partition coefficient (Wildman–Crippen LogP) is 3.33. The molecule has 0 aromatic carbocycles. The topological polar surface area (TPSA) is 35.3 Å². The van der Waals surface area contributed by atoms with Gasteiger partial charge in [0.15, 0.2) is 5.89 Å². The van der Waals surface area contributed by atoms with E-state index in [2.05, 4.69) is 26.3 Å². The standard InChI is InChI=1S/C10H8BrNO2S/c1-5-12-8(3-13-5)6-2-14-9-7(6)4-15-10(9)11/h3-4,6H,2H2,1H3. The maximum Gasteiger partial charge on any atom is 0.191 e. The molecule has 5 heteroatoms. The second kappa shape index (κ2) is 3.35. The molecule has 0 saturated heterocycles. The lowest BCUT2D eigenvalue weighted by molar-refractivity contribution is 0.340. The zero-order valence-corrected chi connectivity index (χ0v) is 10.4. The molecule has 0 fully saturated rings. The lowest BCUT2D eigenvalue weighted by Crippen LogP contribution is -2.02. The summed E-state index contributed by atoms with van der Waals surface area (Å²) in [6, 6.07) is 0. The van der Waals surface area contributed by atoms with E-state index in [1.165, 1.54) is 5.56 Å². The van der Waals surface area contributed by atoms with Crippen LogP contribution in [0, 0.1) is 6.92 Å². The number of ether oxygens (including phenoxy) is 1. The van der Waals surface area contributed by atoms with E-state index < -0.39 is 0 Å². The molecule has 1 unspecified atom stereocenters. The van der Waals surface area contributed by atoms with Crippen molar-refractivity contribution in [3.05, 3.63) is 32.6 Å². The normalized spacial score (nSPS) is 18.9. The molecule has 0 saturated carbocycles. The number of halogens is 1. The van der Waals surface area contributed by atoms with Gasteiger partial charge < -0.3 is 9.15 Å². The number of aryl methyl sites for hydroxylation is 1. The zero-order chi connectivity index (χ0) is 10.4. The van der Waals surface area contributed by atoms with Crippen LogP contribution in [-0.4, -0.2) is 11.6 Å². The Morgan fingerprint density at radius 2 is 2.47 bits per heavy atom. The number of hydrogen-bond donors (Lipinski definition) is 0. The van der Waals surface area contributed by atoms with E-state index in [1.807, 2.05) is 6.92 Å². The molecule has 1 aliphatic rings. The Morgan fingerprint density at radius 3 is 3.20 bits per heavy atom. The van der Waals surface area contributed by atoms with E-state index in [4.69, 9.17) is 9.15 Å². The molecule has 1 atom stereocenters. The van der Waals surface area contributed by atoms with Gasteiger partial charge >= 0.3 is 0 Å². The van der Waals surface area contributed by atoms with Gasteiger partial charge in [0.2, 0.25) is 0 Å². The number of fused-ring (bicyclic) bond motifs is 1. The molecule has 0 aliphatic carbocycles. The molecule has 78 valence electrons. The summed E-state index contributed by atoms with van der Waals surface area (Å²) in [6.07, 6.45) is 1.71. The van der Waals surface area contributed by atoms with Gasteiger partial charge in [-0.3, -0.25) is 0 Å². The second-order valence-electron chi connectivity index (χ2n) is 3.45. The minimum absolute atomic E-state index is 0.222. The Labute approximate surface area is 99.2 Å². The first-order valence-electron chi connectivity index (χ1n) is 4.57. The molecular formula is C10H8BrNO2S. The fraction of sp³-hybridized carbons (Fsp3) is 0.300. The quantitative estimate of drug-likeness (QED) is 0.806. The van der Waals surface area contributed by atoms with Crippen LogP contribution in [0.2, 0.25) is 0 Å². The van der Waals surface area contributed by atoms with Crippen LogP contribution in [0.15, 0.2) is 19.8 Å². The third-order valence-electron chi connectivity index (χ3n) is 2.49. The predicted molar refractivity (Wildman–Crippen MR) is 60.6 cm³/mol. The van der Waals surface area contributed by atoms with E-state index in [9.17, 15) is 0 Å². The molecular weight excluding hydrogens is 278 g/mol. The highest BCUT2D eigenvalue weighted by Gasteiger charge is 2.30. The van der Waals surface area contributed by atoms with Crippen molar-refractivity contribution in [1.82, 2.24) is 4.98 Å². The van der Waals surface area contributed by atoms with Gasteiger partial charge in [-0.05, 0) is 21.3 Å². The highest BCUT2D eigenvalue weighted by Crippen LogP contribution is 2.46. The van der Waals surface area contributed by atoms with Crippen LogP contribution in [0.4, 0.5) is 0 Å². The number of thiophene rings is 1. The van der Waals surface area contributed by atoms with Crippen molar-refractivity contribution in [2.45, 2.75) is 12.8 Å². The fourth-order valence-electron chi connectivity index (χ4n) is 1.76. The molecule has 0 N–H and O–H groups in total. The first-order valence-corrected chi connectivity index (χ1v) is 6.24. The SMILES string of the molecule is Cc1nc(C2COc3c2csc3Br)co1. The Balaban J connectivity index is 2.03. The van der Waals surface area contributed by atoms with Crippen molar-refractivity contribution in [3.8, 4) is 5.75 Å². The molecule has 2 aromatic rings. The molecule has 0 bridgehead atoms. The van der Waals surface area contributed by atoms with Crippen LogP contribution >= 0.6 is 27.3 Å². The van der Waals surface area contributed by atoms with Gasteiger partial charge in [-0.1, -0.05) is 0 Å². The minimum Gasteiger partial charge on any atom is -0.490 e. The average Bonchev–Trinajstić information content (AvgIpc) is 2.84. The third-order valence-corrected chi connectivity index (χ3v) is 4.18. The summed E-state index contributed by atoms with van der Waals surface area (Å²) in [5.41, 5.74) is 2.16. The Morgan fingerprint density at radius 1 is 1.60 bits per heavy atom. The number of hydrogen-bond acceptors (Lipinski definition) is 4. The zero-order valence-electron chi connectivity index (χ0n) is 7.99. The van der Waals surface area contributed by atoms with Gasteiger partial charge in [0.1, 0.15) is 22.4 Å². The van der Waals surface area contributed by atoms with Crippen LogP contribution < -0.4 is 4.74 Å². The van der Waals surface area contributed by atoms with Crippen molar-refractivity contribution in [2.75, 3.05) is 6.61 Å². The van der Waals surface area contributed by atoms with E-state index in [0.29, 0.717) is 12.5 Å². The Bertz CT molecular complexity index is 505. The van der Waals surface area contributed by atoms with Crippen molar-refractivity contribution < 1.29 is 9.15 Å². The second-order valence-corrected chi connectivity index (χ2v) is 5.65. The molecule has 1 aliphatic heterocycles. The first kappa shape index (κ1) is 9.42. The summed E-state index contributed by atoms with van der Waals surface area (Å²) in [6.45, 7) is 2.51. The number of oxazole rings is 1. The van der Waals surface area contributed by atoms with E-state index in [1.54, 1.807) is 17.6 Å². The first-order chi connectivity index (χ1) is 7.25.